The summed E-state index contributed by atoms with van der Waals surface area (Å²) in [6.07, 6.45) is 3.77. The molecular weight excluding hydrogens is 198 g/mol. The first-order valence-electron chi connectivity index (χ1n) is 4.92. The molecule has 0 saturated heterocycles. The van der Waals surface area contributed by atoms with Gasteiger partial charge >= 0.3 is 5.97 Å². The molecule has 5 nitrogen and oxygen atoms in total. The van der Waals surface area contributed by atoms with Crippen molar-refractivity contribution in [2.24, 2.45) is 0 Å². The van der Waals surface area contributed by atoms with E-state index < -0.39 is 5.97 Å². The van der Waals surface area contributed by atoms with E-state index in [2.05, 4.69) is 5.32 Å². The molecule has 15 heavy (non-hydrogen) atoms. The molecule has 0 aliphatic heterocycles. The number of amides is 1. The summed E-state index contributed by atoms with van der Waals surface area (Å²) in [7, 11) is 0. The first-order chi connectivity index (χ1) is 7.06. The van der Waals surface area contributed by atoms with E-state index in [-0.39, 0.29) is 18.9 Å². The first kappa shape index (κ1) is 13.5. The molecule has 0 bridgehead atoms. The van der Waals surface area contributed by atoms with E-state index in [1.54, 1.807) is 6.08 Å². The molecular formula is C10H17NO4. The highest BCUT2D eigenvalue weighted by Gasteiger charge is 2.02. The van der Waals surface area contributed by atoms with Gasteiger partial charge in [0.25, 0.3) is 0 Å². The Hall–Kier alpha value is -1.52. The van der Waals surface area contributed by atoms with E-state index in [1.807, 2.05) is 6.92 Å². The zero-order chi connectivity index (χ0) is 11.7. The lowest BCUT2D eigenvalue weighted by Gasteiger charge is -2.00. The van der Waals surface area contributed by atoms with Crippen LogP contribution in [-0.2, 0) is 9.59 Å². The fourth-order valence-corrected chi connectivity index (χ4v) is 0.938. The van der Waals surface area contributed by atoms with Gasteiger partial charge in [-0.25, -0.2) is 0 Å². The Kier molecular flexibility index (Phi) is 7.05. The van der Waals surface area contributed by atoms with Crippen LogP contribution in [-0.4, -0.2) is 28.6 Å². The predicted octanol–water partition coefficient (Wildman–Crippen LogP) is 1.21. The van der Waals surface area contributed by atoms with Crippen molar-refractivity contribution in [3.05, 3.63) is 11.8 Å². The largest absolute Gasteiger partial charge is 0.513 e. The van der Waals surface area contributed by atoms with Gasteiger partial charge in [-0.15, -0.1) is 0 Å². The summed E-state index contributed by atoms with van der Waals surface area (Å²) in [5, 5.41) is 19.6. The third-order valence-electron chi connectivity index (χ3n) is 1.79. The molecule has 0 aromatic rings. The van der Waals surface area contributed by atoms with Gasteiger partial charge in [-0.2, -0.15) is 0 Å². The van der Waals surface area contributed by atoms with Crippen molar-refractivity contribution in [3.63, 3.8) is 0 Å². The van der Waals surface area contributed by atoms with Gasteiger partial charge in [0.1, 0.15) is 6.54 Å². The zero-order valence-corrected chi connectivity index (χ0v) is 8.82. The van der Waals surface area contributed by atoms with Crippen LogP contribution in [0.15, 0.2) is 11.8 Å². The second-order valence-electron chi connectivity index (χ2n) is 3.11. The Morgan fingerprint density at radius 2 is 2.00 bits per heavy atom. The number of carbonyl (C=O) groups is 2. The number of carbonyl (C=O) groups excluding carboxylic acids is 1. The van der Waals surface area contributed by atoms with Crippen LogP contribution in [0, 0.1) is 0 Å². The molecule has 0 rings (SSSR count). The van der Waals surface area contributed by atoms with Crippen LogP contribution in [0.3, 0.4) is 0 Å². The molecule has 0 heterocycles. The second-order valence-corrected chi connectivity index (χ2v) is 3.11. The summed E-state index contributed by atoms with van der Waals surface area (Å²) in [4.78, 5) is 21.1. The fraction of sp³-hybridized carbons (Fsp3) is 0.600. The third kappa shape index (κ3) is 8.80. The van der Waals surface area contributed by atoms with Crippen LogP contribution in [0.5, 0.6) is 0 Å². The lowest BCUT2D eigenvalue weighted by molar-refractivity contribution is -0.137. The number of nitrogens with one attached hydrogen (secondary N) is 1. The molecule has 0 unspecified atom stereocenters. The molecule has 0 aliphatic rings. The monoisotopic (exact) mass is 215 g/mol. The Morgan fingerprint density at radius 3 is 2.53 bits per heavy atom. The number of unbranched alkanes of at least 4 members (excludes halogenated alkanes) is 1. The van der Waals surface area contributed by atoms with E-state index >= 15 is 0 Å². The Morgan fingerprint density at radius 1 is 1.33 bits per heavy atom. The predicted molar refractivity (Wildman–Crippen MR) is 55.5 cm³/mol. The number of allylic oxidation sites excluding steroid dienone is 2. The smallest absolute Gasteiger partial charge is 0.322 e. The van der Waals surface area contributed by atoms with Crippen LogP contribution in [0.2, 0.25) is 0 Å². The van der Waals surface area contributed by atoms with Gasteiger partial charge < -0.3 is 15.5 Å². The maximum absolute atomic E-state index is 11.0. The maximum Gasteiger partial charge on any atom is 0.322 e. The normalized spacial score (nSPS) is 11.1. The minimum absolute atomic E-state index is 0.276. The summed E-state index contributed by atoms with van der Waals surface area (Å²) in [6.45, 7) is 1.50. The van der Waals surface area contributed by atoms with Gasteiger partial charge in [-0.1, -0.05) is 6.92 Å². The van der Waals surface area contributed by atoms with Crippen molar-refractivity contribution < 1.29 is 19.8 Å². The van der Waals surface area contributed by atoms with Crippen LogP contribution in [0.25, 0.3) is 0 Å². The van der Waals surface area contributed by atoms with E-state index in [4.69, 9.17) is 10.2 Å². The molecule has 86 valence electrons. The molecule has 0 spiro atoms. The molecule has 0 fully saturated rings. The number of hydrogen-bond donors (Lipinski definition) is 3. The highest BCUT2D eigenvalue weighted by Crippen LogP contribution is 2.01. The minimum atomic E-state index is -1.05. The van der Waals surface area contributed by atoms with Crippen LogP contribution in [0.1, 0.15) is 32.6 Å². The van der Waals surface area contributed by atoms with Crippen molar-refractivity contribution >= 4 is 11.9 Å². The fourth-order valence-electron chi connectivity index (χ4n) is 0.938. The molecule has 0 atom stereocenters. The van der Waals surface area contributed by atoms with Crippen molar-refractivity contribution in [1.82, 2.24) is 5.32 Å². The minimum Gasteiger partial charge on any atom is -0.513 e. The molecule has 5 heteroatoms. The zero-order valence-electron chi connectivity index (χ0n) is 8.82. The average Bonchev–Trinajstić information content (AvgIpc) is 2.21. The quantitative estimate of drug-likeness (QED) is 0.440. The number of aliphatic hydroxyl groups is 1. The first-order valence-corrected chi connectivity index (χ1v) is 4.92. The molecule has 1 amide bonds. The van der Waals surface area contributed by atoms with Gasteiger partial charge in [-0.3, -0.25) is 9.59 Å². The number of aliphatic carboxylic acids is 1. The molecule has 0 aliphatic carbocycles. The highest BCUT2D eigenvalue weighted by molar-refractivity contribution is 5.80. The Labute approximate surface area is 88.8 Å². The van der Waals surface area contributed by atoms with E-state index in [0.29, 0.717) is 25.0 Å². The van der Waals surface area contributed by atoms with Gasteiger partial charge in [-0.05, 0) is 18.9 Å². The van der Waals surface area contributed by atoms with Crippen LogP contribution in [0.4, 0.5) is 0 Å². The maximum atomic E-state index is 11.0. The number of aliphatic hydroxyl groups excluding tert-OH is 1. The average molecular weight is 215 g/mol. The van der Waals surface area contributed by atoms with Crippen molar-refractivity contribution in [1.29, 1.82) is 0 Å². The Bertz CT molecular complexity index is 248. The van der Waals surface area contributed by atoms with Gasteiger partial charge in [0.05, 0.1) is 5.76 Å². The lowest BCUT2D eigenvalue weighted by Crippen LogP contribution is -2.28. The van der Waals surface area contributed by atoms with Crippen molar-refractivity contribution in [2.45, 2.75) is 32.6 Å². The van der Waals surface area contributed by atoms with E-state index in [9.17, 15) is 9.59 Å². The molecule has 0 radical (unpaired) electrons. The van der Waals surface area contributed by atoms with Crippen LogP contribution < -0.4 is 5.32 Å². The van der Waals surface area contributed by atoms with Gasteiger partial charge in [0, 0.05) is 12.8 Å². The van der Waals surface area contributed by atoms with Crippen molar-refractivity contribution in [3.8, 4) is 0 Å². The molecule has 3 N–H and O–H groups in total. The lowest BCUT2D eigenvalue weighted by atomic mass is 10.2. The summed E-state index contributed by atoms with van der Waals surface area (Å²) >= 11 is 0. The van der Waals surface area contributed by atoms with Crippen molar-refractivity contribution in [2.75, 3.05) is 6.54 Å². The summed E-state index contributed by atoms with van der Waals surface area (Å²) < 4.78 is 0. The summed E-state index contributed by atoms with van der Waals surface area (Å²) in [5.74, 6) is -1.00. The van der Waals surface area contributed by atoms with Gasteiger partial charge in [0.2, 0.25) is 5.91 Å². The Balaban J connectivity index is 3.51. The topological polar surface area (TPSA) is 86.6 Å². The molecule has 0 aromatic carbocycles. The number of hydrogen-bond acceptors (Lipinski definition) is 3. The standard InChI is InChI=1S/C10H17NO4/c1-2-8(12)5-3-4-6-9(13)11-7-10(14)15/h5,12H,2-4,6-7H2,1H3,(H,11,13)(H,14,15)/b8-5-. The molecule has 0 aromatic heterocycles. The van der Waals surface area contributed by atoms with Crippen LogP contribution >= 0.6 is 0 Å². The van der Waals surface area contributed by atoms with E-state index in [1.165, 1.54) is 0 Å². The van der Waals surface area contributed by atoms with E-state index in [0.717, 1.165) is 0 Å². The summed E-state index contributed by atoms with van der Waals surface area (Å²) in [5.41, 5.74) is 0. The SMILES string of the molecule is CC/C(O)=C/CCCC(=O)NCC(=O)O. The third-order valence-corrected chi connectivity index (χ3v) is 1.79. The number of carboxylic acids is 1. The molecule has 0 saturated carbocycles. The number of rotatable bonds is 7. The highest BCUT2D eigenvalue weighted by atomic mass is 16.4. The second kappa shape index (κ2) is 7.84. The summed E-state index contributed by atoms with van der Waals surface area (Å²) in [6, 6.07) is 0. The van der Waals surface area contributed by atoms with Gasteiger partial charge in [0.15, 0.2) is 0 Å². The number of carboxylic acid groups (broad SMARTS) is 1.